The molecule has 0 radical (unpaired) electrons. The van der Waals surface area contributed by atoms with E-state index in [9.17, 15) is 0 Å². The molecule has 4 rings (SSSR count). The van der Waals surface area contributed by atoms with Crippen LogP contribution >= 0.6 is 23.5 Å². The molecule has 0 saturated carbocycles. The van der Waals surface area contributed by atoms with Gasteiger partial charge in [0.1, 0.15) is 6.10 Å². The quantitative estimate of drug-likeness (QED) is 0.245. The summed E-state index contributed by atoms with van der Waals surface area (Å²) in [5.41, 5.74) is 1.39. The van der Waals surface area contributed by atoms with Crippen molar-refractivity contribution < 1.29 is 13.9 Å². The Morgan fingerprint density at radius 3 is 2.05 bits per heavy atom. The number of ether oxygens (including phenoxy) is 2. The van der Waals surface area contributed by atoms with Crippen LogP contribution in [0.25, 0.3) is 0 Å². The van der Waals surface area contributed by atoms with E-state index in [2.05, 4.69) is 118 Å². The Balaban J connectivity index is 1.57. The van der Waals surface area contributed by atoms with Gasteiger partial charge >= 0.3 is 0 Å². The van der Waals surface area contributed by atoms with Crippen molar-refractivity contribution in [3.05, 3.63) is 72.3 Å². The third kappa shape index (κ3) is 6.95. The van der Waals surface area contributed by atoms with Gasteiger partial charge in [-0.1, -0.05) is 93.1 Å². The summed E-state index contributed by atoms with van der Waals surface area (Å²) in [4.78, 5) is 0. The molecule has 0 unspecified atom stereocenters. The predicted molar refractivity (Wildman–Crippen MR) is 164 cm³/mol. The topological polar surface area (TPSA) is 27.7 Å². The van der Waals surface area contributed by atoms with Crippen molar-refractivity contribution in [3.63, 3.8) is 0 Å². The van der Waals surface area contributed by atoms with E-state index >= 15 is 0 Å². The van der Waals surface area contributed by atoms with Crippen LogP contribution in [0.15, 0.2) is 72.3 Å². The van der Waals surface area contributed by atoms with Gasteiger partial charge in [-0.25, -0.2) is 0 Å². The van der Waals surface area contributed by atoms with Crippen LogP contribution in [-0.2, 0) is 13.9 Å². The van der Waals surface area contributed by atoms with Crippen molar-refractivity contribution in [2.75, 3.05) is 24.7 Å². The van der Waals surface area contributed by atoms with Crippen LogP contribution in [0.4, 0.5) is 0 Å². The fraction of sp³-hybridized carbons (Fsp3) is 0.548. The van der Waals surface area contributed by atoms with E-state index in [0.717, 1.165) is 19.4 Å². The van der Waals surface area contributed by atoms with E-state index in [1.54, 1.807) is 0 Å². The average molecular weight is 557 g/mol. The van der Waals surface area contributed by atoms with Crippen LogP contribution < -0.4 is 10.4 Å². The van der Waals surface area contributed by atoms with Gasteiger partial charge in [-0.05, 0) is 67.0 Å². The van der Waals surface area contributed by atoms with Crippen molar-refractivity contribution in [1.82, 2.24) is 0 Å². The third-order valence-corrected chi connectivity index (χ3v) is 15.8. The van der Waals surface area contributed by atoms with E-state index in [-0.39, 0.29) is 15.2 Å². The lowest BCUT2D eigenvalue weighted by Gasteiger charge is -2.44. The molecule has 0 bridgehead atoms. The van der Waals surface area contributed by atoms with Crippen molar-refractivity contribution in [2.24, 2.45) is 0 Å². The molecule has 202 valence electrons. The molecule has 3 nitrogen and oxygen atoms in total. The molecule has 2 aromatic rings. The Labute approximate surface area is 234 Å². The van der Waals surface area contributed by atoms with Gasteiger partial charge < -0.3 is 13.9 Å². The summed E-state index contributed by atoms with van der Waals surface area (Å²) in [7, 11) is -2.52. The second-order valence-corrected chi connectivity index (χ2v) is 19.3. The molecule has 2 heterocycles. The maximum Gasteiger partial charge on any atom is 0.261 e. The molecule has 0 N–H and O–H groups in total. The molecule has 0 spiro atoms. The molecule has 2 saturated heterocycles. The molecule has 2 aliphatic rings. The second-order valence-electron chi connectivity index (χ2n) is 11.8. The Morgan fingerprint density at radius 1 is 1.00 bits per heavy atom. The first-order chi connectivity index (χ1) is 17.6. The van der Waals surface area contributed by atoms with E-state index in [1.165, 1.54) is 33.9 Å². The summed E-state index contributed by atoms with van der Waals surface area (Å²) in [5.74, 6) is 1.95. The van der Waals surface area contributed by atoms with Crippen LogP contribution in [0, 0.1) is 0 Å². The largest absolute Gasteiger partial charge is 0.407 e. The van der Waals surface area contributed by atoms with E-state index in [1.807, 2.05) is 13.8 Å². The summed E-state index contributed by atoms with van der Waals surface area (Å²) >= 11 is 4.26. The summed E-state index contributed by atoms with van der Waals surface area (Å²) in [6.07, 6.45) is 5.69. The Hall–Kier alpha value is -1.02. The van der Waals surface area contributed by atoms with Crippen molar-refractivity contribution in [2.45, 2.75) is 81.8 Å². The Bertz CT molecular complexity index is 988. The van der Waals surface area contributed by atoms with Gasteiger partial charge in [0, 0.05) is 6.61 Å². The minimum absolute atomic E-state index is 0.00183. The standard InChI is InChI=1S/C31H44O3S2Si/c1-25(22-26-24-32-30(5,6)34-26)23-31(35-20-13-21-36-31)18-19-33-37(29(2,3)4,27-14-9-7-10-15-27)28-16-11-8-12-17-28/h7-12,14-17,22,26H,13,18-21,23-24H2,1-6H3/b25-22+/t26-/m0/s1. The highest BCUT2D eigenvalue weighted by Gasteiger charge is 2.50. The lowest BCUT2D eigenvalue weighted by atomic mass is 10.1. The van der Waals surface area contributed by atoms with Gasteiger partial charge in [-0.3, -0.25) is 0 Å². The smallest absolute Gasteiger partial charge is 0.261 e. The number of allylic oxidation sites excluding steroid dienone is 1. The highest BCUT2D eigenvalue weighted by Crippen LogP contribution is 2.49. The normalized spacial score (nSPS) is 22.2. The summed E-state index contributed by atoms with van der Waals surface area (Å²) < 4.78 is 19.3. The SMILES string of the molecule is C/C(=C\[C@H]1COC(C)(C)O1)CC1(CCO[Si](c2ccccc2)(c2ccccc2)C(C)(C)C)SCCCS1. The molecule has 1 atom stereocenters. The molecule has 0 aromatic heterocycles. The zero-order chi connectivity index (χ0) is 26.6. The number of thioether (sulfide) groups is 2. The molecular formula is C31H44O3S2Si. The van der Waals surface area contributed by atoms with E-state index in [0.29, 0.717) is 6.61 Å². The van der Waals surface area contributed by atoms with Gasteiger partial charge in [0.05, 0.1) is 10.7 Å². The molecule has 0 aliphatic carbocycles. The average Bonchev–Trinajstić information content (AvgIpc) is 3.20. The van der Waals surface area contributed by atoms with Gasteiger partial charge in [-0.2, -0.15) is 0 Å². The number of hydrogen-bond donors (Lipinski definition) is 0. The summed E-state index contributed by atoms with van der Waals surface area (Å²) in [5, 5.41) is 2.70. The van der Waals surface area contributed by atoms with Crippen LogP contribution in [0.1, 0.15) is 60.8 Å². The highest BCUT2D eigenvalue weighted by molar-refractivity contribution is 8.18. The van der Waals surface area contributed by atoms with Crippen LogP contribution in [0.5, 0.6) is 0 Å². The third-order valence-electron chi connectivity index (χ3n) is 7.29. The van der Waals surface area contributed by atoms with Gasteiger partial charge in [-0.15, -0.1) is 23.5 Å². The molecular weight excluding hydrogens is 513 g/mol. The van der Waals surface area contributed by atoms with Crippen LogP contribution in [0.3, 0.4) is 0 Å². The first-order valence-electron chi connectivity index (χ1n) is 13.6. The van der Waals surface area contributed by atoms with Crippen molar-refractivity contribution in [1.29, 1.82) is 0 Å². The highest BCUT2D eigenvalue weighted by atomic mass is 32.2. The fourth-order valence-electron chi connectivity index (χ4n) is 5.67. The first-order valence-corrected chi connectivity index (χ1v) is 17.5. The van der Waals surface area contributed by atoms with E-state index in [4.69, 9.17) is 13.9 Å². The summed E-state index contributed by atoms with van der Waals surface area (Å²) in [6, 6.07) is 22.0. The van der Waals surface area contributed by atoms with Crippen molar-refractivity contribution in [3.8, 4) is 0 Å². The minimum Gasteiger partial charge on any atom is -0.407 e. The molecule has 2 aromatic carbocycles. The second kappa shape index (κ2) is 12.0. The zero-order valence-corrected chi connectivity index (χ0v) is 26.1. The molecule has 2 aliphatic heterocycles. The van der Waals surface area contributed by atoms with Gasteiger partial charge in [0.2, 0.25) is 0 Å². The zero-order valence-electron chi connectivity index (χ0n) is 23.4. The lowest BCUT2D eigenvalue weighted by molar-refractivity contribution is -0.133. The molecule has 37 heavy (non-hydrogen) atoms. The maximum absolute atomic E-state index is 7.28. The fourth-order valence-corrected chi connectivity index (χ4v) is 13.7. The molecule has 0 amide bonds. The number of benzene rings is 2. The van der Waals surface area contributed by atoms with E-state index < -0.39 is 14.1 Å². The van der Waals surface area contributed by atoms with Crippen molar-refractivity contribution >= 4 is 42.2 Å². The Morgan fingerprint density at radius 2 is 1.57 bits per heavy atom. The summed E-state index contributed by atoms with van der Waals surface area (Å²) in [6.45, 7) is 14.7. The number of hydrogen-bond acceptors (Lipinski definition) is 5. The maximum atomic E-state index is 7.28. The van der Waals surface area contributed by atoms with Gasteiger partial charge in [0.25, 0.3) is 8.32 Å². The molecule has 6 heteroatoms. The lowest BCUT2D eigenvalue weighted by Crippen LogP contribution is -2.66. The van der Waals surface area contributed by atoms with Gasteiger partial charge in [0.15, 0.2) is 5.79 Å². The monoisotopic (exact) mass is 556 g/mol. The predicted octanol–water partition coefficient (Wildman–Crippen LogP) is 7.01. The number of rotatable bonds is 9. The van der Waals surface area contributed by atoms with Crippen LogP contribution in [-0.4, -0.2) is 49.0 Å². The minimum atomic E-state index is -2.52. The molecule has 2 fully saturated rings. The Kier molecular flexibility index (Phi) is 9.41. The van der Waals surface area contributed by atoms with Crippen LogP contribution in [0.2, 0.25) is 5.04 Å². The first kappa shape index (κ1) is 29.0.